The highest BCUT2D eigenvalue weighted by Gasteiger charge is 2.02. The Labute approximate surface area is 137 Å². The fraction of sp³-hybridized carbons (Fsp3) is 0.136. The van der Waals surface area contributed by atoms with Crippen molar-refractivity contribution in [3.8, 4) is 5.75 Å². The summed E-state index contributed by atoms with van der Waals surface area (Å²) in [6.45, 7) is 2.70. The summed E-state index contributed by atoms with van der Waals surface area (Å²) in [4.78, 5) is 0. The van der Waals surface area contributed by atoms with E-state index in [0.29, 0.717) is 6.61 Å². The van der Waals surface area contributed by atoms with Crippen LogP contribution in [0, 0.1) is 0 Å². The summed E-state index contributed by atoms with van der Waals surface area (Å²) in [6, 6.07) is 24.7. The van der Waals surface area contributed by atoms with E-state index in [2.05, 4.69) is 43.0 Å². The van der Waals surface area contributed by atoms with Crippen LogP contribution in [0.4, 0.5) is 0 Å². The molecule has 114 valence electrons. The van der Waals surface area contributed by atoms with Crippen molar-refractivity contribution in [2.24, 2.45) is 0 Å². The van der Waals surface area contributed by atoms with Crippen LogP contribution in [0.5, 0.6) is 5.75 Å². The third-order valence-electron chi connectivity index (χ3n) is 3.82. The van der Waals surface area contributed by atoms with Gasteiger partial charge in [-0.2, -0.15) is 0 Å². The monoisotopic (exact) mass is 300 g/mol. The third-order valence-corrected chi connectivity index (χ3v) is 3.82. The van der Waals surface area contributed by atoms with Crippen molar-refractivity contribution in [1.29, 1.82) is 0 Å². The smallest absolute Gasteiger partial charge is 0.127 e. The van der Waals surface area contributed by atoms with E-state index >= 15 is 0 Å². The molecule has 0 heterocycles. The van der Waals surface area contributed by atoms with Gasteiger partial charge in [0.05, 0.1) is 0 Å². The number of fused-ring (bicyclic) bond motifs is 1. The quantitative estimate of drug-likeness (QED) is 0.536. The van der Waals surface area contributed by atoms with E-state index in [-0.39, 0.29) is 0 Å². The van der Waals surface area contributed by atoms with E-state index in [4.69, 9.17) is 4.74 Å². The largest absolute Gasteiger partial charge is 0.488 e. The highest BCUT2D eigenvalue weighted by molar-refractivity contribution is 5.88. The minimum absolute atomic E-state index is 0.563. The maximum atomic E-state index is 6.04. The summed E-state index contributed by atoms with van der Waals surface area (Å²) in [6.07, 6.45) is 2.94. The first-order valence-electron chi connectivity index (χ1n) is 7.97. The highest BCUT2D eigenvalue weighted by Crippen LogP contribution is 2.25. The fourth-order valence-corrected chi connectivity index (χ4v) is 2.47. The molecule has 0 aliphatic carbocycles. The first-order chi connectivity index (χ1) is 11.4. The third kappa shape index (κ3) is 3.91. The second kappa shape index (κ2) is 7.49. The first kappa shape index (κ1) is 15.1. The second-order valence-corrected chi connectivity index (χ2v) is 5.42. The van der Waals surface area contributed by atoms with Crippen LogP contribution in [0.25, 0.3) is 16.8 Å². The summed E-state index contributed by atoms with van der Waals surface area (Å²) in [7, 11) is 0. The van der Waals surface area contributed by atoms with E-state index in [0.717, 1.165) is 28.7 Å². The van der Waals surface area contributed by atoms with E-state index in [1.54, 1.807) is 0 Å². The van der Waals surface area contributed by atoms with Crippen molar-refractivity contribution in [3.05, 3.63) is 89.7 Å². The summed E-state index contributed by atoms with van der Waals surface area (Å²) in [5.41, 5.74) is 5.68. The van der Waals surface area contributed by atoms with Crippen molar-refractivity contribution >= 4 is 16.8 Å². The maximum Gasteiger partial charge on any atom is 0.127 e. The van der Waals surface area contributed by atoms with Crippen LogP contribution in [-0.4, -0.2) is 6.61 Å². The number of rotatable bonds is 5. The molecular formula is C22H20O. The molecule has 1 nitrogen and oxygen atoms in total. The van der Waals surface area contributed by atoms with Crippen LogP contribution in [0.3, 0.4) is 0 Å². The number of benzene rings is 3. The standard InChI is InChI=1S/C22H20O/c1-2-18(15-16-19-9-4-3-5-10-19)17-23-22-14-8-12-20-11-6-7-13-21(20)22/h3-14,16H,2,17H2,1H3. The van der Waals surface area contributed by atoms with Gasteiger partial charge in [0.2, 0.25) is 0 Å². The molecule has 3 aromatic rings. The predicted octanol–water partition coefficient (Wildman–Crippen LogP) is 5.87. The van der Waals surface area contributed by atoms with Gasteiger partial charge in [0.15, 0.2) is 0 Å². The van der Waals surface area contributed by atoms with E-state index in [9.17, 15) is 0 Å². The van der Waals surface area contributed by atoms with Gasteiger partial charge in [0, 0.05) is 11.0 Å². The van der Waals surface area contributed by atoms with Crippen molar-refractivity contribution in [2.45, 2.75) is 13.3 Å². The Bertz CT molecular complexity index is 835. The van der Waals surface area contributed by atoms with Crippen LogP contribution < -0.4 is 4.74 Å². The molecule has 0 radical (unpaired) electrons. The molecule has 0 spiro atoms. The van der Waals surface area contributed by atoms with Gasteiger partial charge in [0.1, 0.15) is 12.4 Å². The number of hydrogen-bond acceptors (Lipinski definition) is 1. The van der Waals surface area contributed by atoms with Crippen LogP contribution in [0.15, 0.2) is 84.1 Å². The molecule has 1 heteroatoms. The molecule has 23 heavy (non-hydrogen) atoms. The molecule has 0 N–H and O–H groups in total. The lowest BCUT2D eigenvalue weighted by Crippen LogP contribution is -2.00. The molecule has 3 rings (SSSR count). The van der Waals surface area contributed by atoms with Crippen LogP contribution in [0.1, 0.15) is 18.9 Å². The Kier molecular flexibility index (Phi) is 4.93. The topological polar surface area (TPSA) is 9.23 Å². The van der Waals surface area contributed by atoms with Crippen LogP contribution >= 0.6 is 0 Å². The van der Waals surface area contributed by atoms with E-state index in [1.807, 2.05) is 48.5 Å². The SMILES string of the molecule is CCC(=C=Cc1ccccc1)COc1cccc2ccccc12. The van der Waals surface area contributed by atoms with E-state index in [1.165, 1.54) is 5.39 Å². The summed E-state index contributed by atoms with van der Waals surface area (Å²) < 4.78 is 6.04. The Morgan fingerprint density at radius 3 is 2.48 bits per heavy atom. The molecular weight excluding hydrogens is 280 g/mol. The summed E-state index contributed by atoms with van der Waals surface area (Å²) >= 11 is 0. The fourth-order valence-electron chi connectivity index (χ4n) is 2.47. The molecule has 0 aliphatic heterocycles. The van der Waals surface area contributed by atoms with Crippen LogP contribution in [-0.2, 0) is 0 Å². The molecule has 0 unspecified atom stereocenters. The first-order valence-corrected chi connectivity index (χ1v) is 7.97. The zero-order chi connectivity index (χ0) is 15.9. The zero-order valence-corrected chi connectivity index (χ0v) is 13.3. The van der Waals surface area contributed by atoms with Gasteiger partial charge in [-0.15, -0.1) is 5.73 Å². The Morgan fingerprint density at radius 1 is 0.913 bits per heavy atom. The van der Waals surface area contributed by atoms with Crippen molar-refractivity contribution in [3.63, 3.8) is 0 Å². The van der Waals surface area contributed by atoms with Gasteiger partial charge < -0.3 is 4.74 Å². The molecule has 0 aliphatic rings. The molecule has 0 saturated carbocycles. The second-order valence-electron chi connectivity index (χ2n) is 5.42. The Balaban J connectivity index is 1.79. The van der Waals surface area contributed by atoms with Gasteiger partial charge in [0.25, 0.3) is 0 Å². The Morgan fingerprint density at radius 2 is 1.65 bits per heavy atom. The lowest BCUT2D eigenvalue weighted by molar-refractivity contribution is 0.353. The van der Waals surface area contributed by atoms with Gasteiger partial charge in [-0.3, -0.25) is 0 Å². The predicted molar refractivity (Wildman–Crippen MR) is 97.7 cm³/mol. The molecule has 3 aromatic carbocycles. The Hall–Kier alpha value is -2.76. The number of hydrogen-bond donors (Lipinski definition) is 0. The average Bonchev–Trinajstić information content (AvgIpc) is 2.63. The summed E-state index contributed by atoms with van der Waals surface area (Å²) in [5, 5.41) is 2.35. The highest BCUT2D eigenvalue weighted by atomic mass is 16.5. The van der Waals surface area contributed by atoms with Crippen molar-refractivity contribution in [2.75, 3.05) is 6.61 Å². The van der Waals surface area contributed by atoms with Gasteiger partial charge in [-0.05, 0) is 29.5 Å². The van der Waals surface area contributed by atoms with Gasteiger partial charge >= 0.3 is 0 Å². The molecule has 0 fully saturated rings. The average molecular weight is 300 g/mol. The van der Waals surface area contributed by atoms with Gasteiger partial charge in [-0.25, -0.2) is 0 Å². The molecule has 0 atom stereocenters. The van der Waals surface area contributed by atoms with Crippen molar-refractivity contribution < 1.29 is 4.74 Å². The normalized spacial score (nSPS) is 10.1. The van der Waals surface area contributed by atoms with Crippen molar-refractivity contribution in [1.82, 2.24) is 0 Å². The van der Waals surface area contributed by atoms with E-state index < -0.39 is 0 Å². The molecule has 0 aromatic heterocycles. The van der Waals surface area contributed by atoms with Crippen LogP contribution in [0.2, 0.25) is 0 Å². The zero-order valence-electron chi connectivity index (χ0n) is 13.3. The lowest BCUT2D eigenvalue weighted by Gasteiger charge is -2.09. The maximum absolute atomic E-state index is 6.04. The molecule has 0 bridgehead atoms. The molecule has 0 saturated heterocycles. The summed E-state index contributed by atoms with van der Waals surface area (Å²) in [5.74, 6) is 0.926. The lowest BCUT2D eigenvalue weighted by atomic mass is 10.1. The van der Waals surface area contributed by atoms with Gasteiger partial charge in [-0.1, -0.05) is 73.7 Å². The molecule has 0 amide bonds. The minimum atomic E-state index is 0.563. The minimum Gasteiger partial charge on any atom is -0.488 e. The number of ether oxygens (including phenoxy) is 1.